The van der Waals surface area contributed by atoms with Crippen molar-refractivity contribution in [1.29, 1.82) is 5.26 Å². The van der Waals surface area contributed by atoms with E-state index in [0.29, 0.717) is 101 Å². The van der Waals surface area contributed by atoms with Crippen molar-refractivity contribution in [3.05, 3.63) is 61.7 Å². The molecule has 12 heterocycles. The van der Waals surface area contributed by atoms with E-state index in [2.05, 4.69) is 64.8 Å². The van der Waals surface area contributed by atoms with Crippen LogP contribution in [0.4, 0.5) is 5.95 Å². The van der Waals surface area contributed by atoms with E-state index in [0.717, 1.165) is 6.42 Å². The van der Waals surface area contributed by atoms with E-state index in [4.69, 9.17) is 63.0 Å². The van der Waals surface area contributed by atoms with Crippen LogP contribution >= 0.6 is 8.38 Å². The molecule has 13 atom stereocenters. The van der Waals surface area contributed by atoms with Gasteiger partial charge in [0.05, 0.1) is 116 Å². The molecule has 12 rings (SSSR count). The molecular weight excluding hydrogens is 1140 g/mol. The molecule has 0 aliphatic carbocycles. The molecule has 0 aromatic carbocycles. The third-order valence-electron chi connectivity index (χ3n) is 16.5. The molecule has 7 N–H and O–H groups in total. The van der Waals surface area contributed by atoms with Crippen molar-refractivity contribution in [3.8, 4) is 6.07 Å². The molecule has 6 aromatic rings. The second kappa shape index (κ2) is 25.8. The lowest BCUT2D eigenvalue weighted by Gasteiger charge is -2.36. The summed E-state index contributed by atoms with van der Waals surface area (Å²) in [6.07, 6.45) is 3.50. The Morgan fingerprint density at radius 3 is 1.59 bits per heavy atom. The van der Waals surface area contributed by atoms with Gasteiger partial charge in [0.1, 0.15) is 47.1 Å². The molecule has 6 fully saturated rings. The average molecular weight is 1210 g/mol. The number of hydrogen-bond acceptors (Lipinski definition) is 27. The van der Waals surface area contributed by atoms with Crippen molar-refractivity contribution in [1.82, 2.24) is 73.7 Å². The molecule has 0 amide bonds. The number of fused-ring (bicyclic) bond motifs is 9. The van der Waals surface area contributed by atoms with E-state index in [1.165, 1.54) is 6.33 Å². The summed E-state index contributed by atoms with van der Waals surface area (Å²) in [5.41, 5.74) is 4.46. The minimum Gasteiger partial charge on any atom is -0.393 e. The summed E-state index contributed by atoms with van der Waals surface area (Å²) >= 11 is 0. The molecule has 34 heteroatoms. The molecular formula is C51H74N17O16P. The Labute approximate surface area is 487 Å². The number of aliphatic hydroxyl groups is 2. The number of rotatable bonds is 23. The molecule has 6 aliphatic heterocycles. The Bertz CT molecular complexity index is 3380. The zero-order valence-corrected chi connectivity index (χ0v) is 49.7. The number of aryl methyl sites for hydroxylation is 2. The van der Waals surface area contributed by atoms with Gasteiger partial charge in [-0.3, -0.25) is 47.6 Å². The number of methoxy groups -OCH3 is 3. The van der Waals surface area contributed by atoms with Crippen LogP contribution in [0, 0.1) is 31.1 Å². The van der Waals surface area contributed by atoms with Gasteiger partial charge in [-0.05, 0) is 26.7 Å². The second-order valence-electron chi connectivity index (χ2n) is 21.4. The number of ether oxygens (including phenoxy) is 6. The van der Waals surface area contributed by atoms with Crippen LogP contribution in [0.2, 0.25) is 0 Å². The van der Waals surface area contributed by atoms with Crippen molar-refractivity contribution in [2.24, 2.45) is 5.92 Å². The maximum Gasteiger partial charge on any atom is 0.280 e. The zero-order chi connectivity index (χ0) is 60.5. The molecule has 6 aromatic heterocycles. The maximum atomic E-state index is 12.4. The van der Waals surface area contributed by atoms with Gasteiger partial charge in [-0.2, -0.15) is 25.4 Å². The average Bonchev–Trinajstić information content (AvgIpc) is 1.66. The van der Waals surface area contributed by atoms with Crippen LogP contribution in [0.3, 0.4) is 0 Å². The summed E-state index contributed by atoms with van der Waals surface area (Å²) in [4.78, 5) is 87.6. The highest BCUT2D eigenvalue weighted by Crippen LogP contribution is 2.55. The third-order valence-corrected chi connectivity index (χ3v) is 17.5. The second-order valence-corrected chi connectivity index (χ2v) is 22.8. The number of H-pyrrole nitrogens is 3. The number of nitrogens with one attached hydrogen (secondary N) is 3. The summed E-state index contributed by atoms with van der Waals surface area (Å²) in [6.45, 7) is 15.5. The Hall–Kier alpha value is -5.87. The molecule has 33 nitrogen and oxygen atoms in total. The van der Waals surface area contributed by atoms with E-state index < -0.39 is 44.2 Å². The monoisotopic (exact) mass is 1210 g/mol. The molecule has 464 valence electrons. The van der Waals surface area contributed by atoms with Gasteiger partial charge in [0, 0.05) is 33.9 Å². The first-order valence-corrected chi connectivity index (χ1v) is 29.5. The van der Waals surface area contributed by atoms with Crippen LogP contribution in [0.15, 0.2) is 33.4 Å². The first kappa shape index (κ1) is 62.2. The highest BCUT2D eigenvalue weighted by molar-refractivity contribution is 7.46. The molecule has 6 saturated heterocycles. The summed E-state index contributed by atoms with van der Waals surface area (Å²) in [6, 6.07) is 1.14. The number of aromatic amines is 3. The summed E-state index contributed by atoms with van der Waals surface area (Å²) in [5.74, 6) is 1.24. The van der Waals surface area contributed by atoms with Gasteiger partial charge in [0.25, 0.3) is 16.7 Å². The number of hydroxylamine groups is 6. The van der Waals surface area contributed by atoms with Crippen molar-refractivity contribution in [3.63, 3.8) is 0 Å². The number of morpholine rings is 3. The number of imidazole rings is 3. The fraction of sp³-hybridized carbons (Fsp3) is 0.686. The van der Waals surface area contributed by atoms with Crippen LogP contribution in [-0.4, -0.2) is 232 Å². The first-order valence-electron chi connectivity index (χ1n) is 27.9. The number of hydrogen-bond donors (Lipinski definition) is 6. The van der Waals surface area contributed by atoms with Crippen LogP contribution in [0.1, 0.15) is 70.4 Å². The minimum atomic E-state index is -1.24. The third kappa shape index (κ3) is 11.5. The van der Waals surface area contributed by atoms with Crippen LogP contribution in [0.25, 0.3) is 33.5 Å². The van der Waals surface area contributed by atoms with Crippen molar-refractivity contribution >= 4 is 47.8 Å². The summed E-state index contributed by atoms with van der Waals surface area (Å²) < 4.78 is 51.5. The number of nitrogens with two attached hydrogens (primary N) is 1. The lowest BCUT2D eigenvalue weighted by atomic mass is 9.88. The molecule has 0 radical (unpaired) electrons. The summed E-state index contributed by atoms with van der Waals surface area (Å²) in [7, 11) is 3.59. The fourth-order valence-electron chi connectivity index (χ4n) is 12.2. The largest absolute Gasteiger partial charge is 0.393 e. The highest BCUT2D eigenvalue weighted by atomic mass is 31.2. The number of nitriles is 1. The maximum absolute atomic E-state index is 12.4. The van der Waals surface area contributed by atoms with Crippen molar-refractivity contribution < 1.29 is 62.2 Å². The highest BCUT2D eigenvalue weighted by Gasteiger charge is 2.67. The quantitative estimate of drug-likeness (QED) is 0.0369. The summed E-state index contributed by atoms with van der Waals surface area (Å²) in [5, 5.41) is 34.8. The van der Waals surface area contributed by atoms with Crippen molar-refractivity contribution in [2.45, 2.75) is 120 Å². The van der Waals surface area contributed by atoms with Gasteiger partial charge in [-0.1, -0.05) is 20.8 Å². The predicted octanol–water partition coefficient (Wildman–Crippen LogP) is 0.214. The lowest BCUT2D eigenvalue weighted by molar-refractivity contribution is -0.255. The fourth-order valence-corrected chi connectivity index (χ4v) is 13.2. The van der Waals surface area contributed by atoms with Gasteiger partial charge in [-0.25, -0.2) is 24.9 Å². The van der Waals surface area contributed by atoms with Gasteiger partial charge in [0.2, 0.25) is 5.95 Å². The van der Waals surface area contributed by atoms with Gasteiger partial charge < -0.3 is 63.4 Å². The number of aliphatic hydroxyl groups excluding tert-OH is 2. The van der Waals surface area contributed by atoms with E-state index in [9.17, 15) is 24.6 Å². The molecule has 6 aliphatic rings. The molecule has 0 saturated carbocycles. The smallest absolute Gasteiger partial charge is 0.280 e. The predicted molar refractivity (Wildman–Crippen MR) is 299 cm³/mol. The molecule has 1 unspecified atom stereocenters. The van der Waals surface area contributed by atoms with Crippen LogP contribution in [0.5, 0.6) is 0 Å². The SMILES string of the molecule is CC[C@@]12CN(OCCOC)[C@@H]([C@H](n3cnc4c(=O)[nH]c(C)nc43)O1)[C@@H]2OP(C)OCCC#N.CC[C@@]12CN(OCCOC)[C@@H]([C@H](n3cnc4c(=O)[nH]c(N)nc43)O1)[C@@H]2C.COCCON1C[C@]2(CO)O[C@@H](n3cnc4c(=O)[nH]c(C)nc43)[C@H]1[C@@H]2O. The van der Waals surface area contributed by atoms with Gasteiger partial charge in [-0.15, -0.1) is 0 Å². The Balaban J connectivity index is 0.000000143. The normalized spacial score (nSPS) is 30.0. The number of aromatic nitrogens is 12. The van der Waals surface area contributed by atoms with Gasteiger partial charge in [0.15, 0.2) is 60.6 Å². The lowest BCUT2D eigenvalue weighted by Crippen LogP contribution is -2.48. The number of anilines is 1. The zero-order valence-electron chi connectivity index (χ0n) is 48.8. The van der Waals surface area contributed by atoms with E-state index >= 15 is 0 Å². The Morgan fingerprint density at radius 2 is 1.11 bits per heavy atom. The van der Waals surface area contributed by atoms with Crippen molar-refractivity contribution in [2.75, 3.05) is 106 Å². The number of nitrogen functional groups attached to an aromatic ring is 1. The molecule has 0 spiro atoms. The van der Waals surface area contributed by atoms with Crippen LogP contribution in [-0.2, 0) is 52.0 Å². The van der Waals surface area contributed by atoms with E-state index in [1.807, 2.05) is 23.7 Å². The standard InChI is InChI=1S/C20H29N6O6P.C16H24N6O4.C15H21N5O6/c1-5-20-11-26(29-10-9-28-3)15(16(20)32-33(4)30-8-6-7-21)19(31-20)25-12-22-14-17(25)23-13(2)24-18(14)27;1-4-16-7-22(25-6-5-24-3)11(9(16)2)14(26-16)21-8-18-10-12(21)19-15(17)20-13(10)23;1-8-17-12-9(13(23)18-8)16-7-19(12)14-10-11(22)15(6-21,26-14)5-20(10)25-4-3-24-2/h12,15-16,19H,5-6,8-11H2,1-4H3,(H,23,24,27);8-9,11,14H,4-7H2,1-3H3,(H3,17,19,20,23);7,10-11,14,21-22H,3-6H2,1-2H3,(H,17,18,23)/t15-,16+,19-,20+,33?;9-,11+,14+,16-;10-,11+,14-,15-/m101/s1. The Morgan fingerprint density at radius 1 is 0.671 bits per heavy atom. The van der Waals surface area contributed by atoms with Crippen LogP contribution < -0.4 is 22.4 Å². The van der Waals surface area contributed by atoms with E-state index in [1.54, 1.807) is 66.6 Å². The Kier molecular flexibility index (Phi) is 18.9. The first-order chi connectivity index (χ1) is 40.9. The number of nitrogens with zero attached hydrogens (tertiary/aromatic N) is 13. The topological polar surface area (TPSA) is 392 Å². The van der Waals surface area contributed by atoms with Gasteiger partial charge >= 0.3 is 0 Å². The van der Waals surface area contributed by atoms with E-state index in [-0.39, 0.29) is 88.3 Å². The minimum absolute atomic E-state index is 0.0217. The molecule has 85 heavy (non-hydrogen) atoms. The molecule has 6 bridgehead atoms.